The summed E-state index contributed by atoms with van der Waals surface area (Å²) in [5, 5.41) is 3.16. The van der Waals surface area contributed by atoms with Gasteiger partial charge in [-0.15, -0.1) is 12.4 Å². The minimum atomic E-state index is 0. The monoisotopic (exact) mass is 310 g/mol. The van der Waals surface area contributed by atoms with Crippen LogP contribution < -0.4 is 11.1 Å². The Balaban J connectivity index is 0.00000220. The summed E-state index contributed by atoms with van der Waals surface area (Å²) in [6, 6.07) is 10.5. The standard InChI is InChI=1S/C17H26N2O.ClH/c1-2-16(13-8-4-3-5-9-13)19-17(20)12-14-10-6-7-11-15(14)18;/h3-5,8-9,14-16H,2,6-7,10-12,18H2,1H3,(H,19,20);1H. The molecule has 3 atom stereocenters. The van der Waals surface area contributed by atoms with Gasteiger partial charge in [0.05, 0.1) is 6.04 Å². The summed E-state index contributed by atoms with van der Waals surface area (Å²) >= 11 is 0. The molecule has 21 heavy (non-hydrogen) atoms. The molecule has 0 aromatic heterocycles. The van der Waals surface area contributed by atoms with Crippen molar-refractivity contribution in [3.05, 3.63) is 35.9 Å². The average molecular weight is 311 g/mol. The zero-order valence-corrected chi connectivity index (χ0v) is 13.6. The third-order valence-electron chi connectivity index (χ3n) is 4.36. The molecule has 1 aromatic rings. The lowest BCUT2D eigenvalue weighted by Crippen LogP contribution is -2.38. The van der Waals surface area contributed by atoms with Gasteiger partial charge in [-0.05, 0) is 30.7 Å². The van der Waals surface area contributed by atoms with Crippen molar-refractivity contribution in [3.63, 3.8) is 0 Å². The number of amides is 1. The van der Waals surface area contributed by atoms with Crippen LogP contribution >= 0.6 is 12.4 Å². The van der Waals surface area contributed by atoms with E-state index in [1.807, 2.05) is 18.2 Å². The van der Waals surface area contributed by atoms with Crippen LogP contribution in [-0.4, -0.2) is 11.9 Å². The summed E-state index contributed by atoms with van der Waals surface area (Å²) in [4.78, 5) is 12.2. The zero-order chi connectivity index (χ0) is 14.4. The molecule has 0 aliphatic heterocycles. The van der Waals surface area contributed by atoms with Gasteiger partial charge in [0, 0.05) is 12.5 Å². The number of carbonyl (C=O) groups is 1. The molecule has 3 N–H and O–H groups in total. The molecule has 1 amide bonds. The van der Waals surface area contributed by atoms with Gasteiger partial charge >= 0.3 is 0 Å². The third kappa shape index (κ3) is 5.33. The lowest BCUT2D eigenvalue weighted by molar-refractivity contribution is -0.123. The zero-order valence-electron chi connectivity index (χ0n) is 12.8. The molecular formula is C17H27ClN2O. The Labute approximate surface area is 134 Å². The van der Waals surface area contributed by atoms with Gasteiger partial charge in [0.25, 0.3) is 0 Å². The Hall–Kier alpha value is -1.06. The Morgan fingerprint density at radius 1 is 1.29 bits per heavy atom. The Bertz CT molecular complexity index is 424. The number of carbonyl (C=O) groups excluding carboxylic acids is 1. The molecule has 0 bridgehead atoms. The highest BCUT2D eigenvalue weighted by atomic mass is 35.5. The van der Waals surface area contributed by atoms with Gasteiger partial charge in [0.1, 0.15) is 0 Å². The average Bonchev–Trinajstić information content (AvgIpc) is 2.48. The van der Waals surface area contributed by atoms with Gasteiger partial charge < -0.3 is 11.1 Å². The molecule has 1 saturated carbocycles. The SMILES string of the molecule is CCC(NC(=O)CC1CCCCC1N)c1ccccc1.Cl. The van der Waals surface area contributed by atoms with Gasteiger partial charge in [-0.25, -0.2) is 0 Å². The van der Waals surface area contributed by atoms with E-state index < -0.39 is 0 Å². The van der Waals surface area contributed by atoms with Crippen LogP contribution in [0.4, 0.5) is 0 Å². The predicted octanol–water partition coefficient (Wildman–Crippen LogP) is 3.58. The summed E-state index contributed by atoms with van der Waals surface area (Å²) in [6.07, 6.45) is 6.06. The van der Waals surface area contributed by atoms with Crippen molar-refractivity contribution >= 4 is 18.3 Å². The van der Waals surface area contributed by atoms with Crippen molar-refractivity contribution < 1.29 is 4.79 Å². The summed E-state index contributed by atoms with van der Waals surface area (Å²) in [6.45, 7) is 2.10. The molecule has 1 aromatic carbocycles. The quantitative estimate of drug-likeness (QED) is 0.873. The van der Waals surface area contributed by atoms with Gasteiger partial charge in [0.2, 0.25) is 5.91 Å². The Kier molecular flexibility index (Phi) is 7.76. The largest absolute Gasteiger partial charge is 0.349 e. The fourth-order valence-corrected chi connectivity index (χ4v) is 3.09. The van der Waals surface area contributed by atoms with E-state index in [0.717, 1.165) is 19.3 Å². The second-order valence-corrected chi connectivity index (χ2v) is 5.85. The van der Waals surface area contributed by atoms with Crippen LogP contribution in [0.1, 0.15) is 57.1 Å². The van der Waals surface area contributed by atoms with E-state index in [0.29, 0.717) is 12.3 Å². The maximum absolute atomic E-state index is 12.2. The van der Waals surface area contributed by atoms with E-state index in [4.69, 9.17) is 5.73 Å². The number of benzene rings is 1. The highest BCUT2D eigenvalue weighted by Gasteiger charge is 2.25. The molecule has 3 unspecified atom stereocenters. The number of hydrogen-bond acceptors (Lipinski definition) is 2. The van der Waals surface area contributed by atoms with Crippen LogP contribution in [0.25, 0.3) is 0 Å². The van der Waals surface area contributed by atoms with Crippen molar-refractivity contribution in [2.45, 2.75) is 57.5 Å². The first kappa shape index (κ1) is 18.0. The molecular weight excluding hydrogens is 284 g/mol. The van der Waals surface area contributed by atoms with E-state index in [1.54, 1.807) is 0 Å². The minimum absolute atomic E-state index is 0. The summed E-state index contributed by atoms with van der Waals surface area (Å²) in [5.41, 5.74) is 7.30. The van der Waals surface area contributed by atoms with Gasteiger partial charge in [-0.2, -0.15) is 0 Å². The van der Waals surface area contributed by atoms with Crippen LogP contribution in [0, 0.1) is 5.92 Å². The first-order valence-electron chi connectivity index (χ1n) is 7.80. The molecule has 3 nitrogen and oxygen atoms in total. The van der Waals surface area contributed by atoms with Gasteiger partial charge in [0.15, 0.2) is 0 Å². The van der Waals surface area contributed by atoms with Crippen LogP contribution in [0.3, 0.4) is 0 Å². The highest BCUT2D eigenvalue weighted by molar-refractivity contribution is 5.85. The van der Waals surface area contributed by atoms with E-state index in [-0.39, 0.29) is 30.4 Å². The molecule has 0 spiro atoms. The lowest BCUT2D eigenvalue weighted by Gasteiger charge is -2.28. The first-order chi connectivity index (χ1) is 9.70. The van der Waals surface area contributed by atoms with Crippen molar-refractivity contribution in [2.75, 3.05) is 0 Å². The number of rotatable bonds is 5. The number of halogens is 1. The number of hydrogen-bond donors (Lipinski definition) is 2. The molecule has 4 heteroatoms. The predicted molar refractivity (Wildman–Crippen MR) is 89.4 cm³/mol. The second-order valence-electron chi connectivity index (χ2n) is 5.85. The van der Waals surface area contributed by atoms with Crippen molar-refractivity contribution in [3.8, 4) is 0 Å². The van der Waals surface area contributed by atoms with Crippen molar-refractivity contribution in [1.82, 2.24) is 5.32 Å². The van der Waals surface area contributed by atoms with Crippen molar-refractivity contribution in [2.24, 2.45) is 11.7 Å². The molecule has 1 aliphatic carbocycles. The Morgan fingerprint density at radius 2 is 1.95 bits per heavy atom. The summed E-state index contributed by atoms with van der Waals surface area (Å²) in [7, 11) is 0. The molecule has 0 heterocycles. The van der Waals surface area contributed by atoms with E-state index in [2.05, 4.69) is 24.4 Å². The molecule has 0 radical (unpaired) electrons. The molecule has 2 rings (SSSR count). The van der Waals surface area contributed by atoms with E-state index >= 15 is 0 Å². The Morgan fingerprint density at radius 3 is 2.57 bits per heavy atom. The molecule has 118 valence electrons. The van der Waals surface area contributed by atoms with Crippen LogP contribution in [-0.2, 0) is 4.79 Å². The lowest BCUT2D eigenvalue weighted by atomic mass is 9.83. The summed E-state index contributed by atoms with van der Waals surface area (Å²) in [5.74, 6) is 0.500. The van der Waals surface area contributed by atoms with Crippen LogP contribution in [0.2, 0.25) is 0 Å². The van der Waals surface area contributed by atoms with Gasteiger partial charge in [-0.1, -0.05) is 50.1 Å². The topological polar surface area (TPSA) is 55.1 Å². The van der Waals surface area contributed by atoms with E-state index in [9.17, 15) is 4.79 Å². The maximum Gasteiger partial charge on any atom is 0.220 e. The fraction of sp³-hybridized carbons (Fsp3) is 0.588. The normalized spacial score (nSPS) is 23.0. The van der Waals surface area contributed by atoms with Crippen LogP contribution in [0.15, 0.2) is 30.3 Å². The second kappa shape index (κ2) is 9.06. The minimum Gasteiger partial charge on any atom is -0.349 e. The van der Waals surface area contributed by atoms with Crippen molar-refractivity contribution in [1.29, 1.82) is 0 Å². The first-order valence-corrected chi connectivity index (χ1v) is 7.80. The summed E-state index contributed by atoms with van der Waals surface area (Å²) < 4.78 is 0. The highest BCUT2D eigenvalue weighted by Crippen LogP contribution is 2.26. The smallest absolute Gasteiger partial charge is 0.220 e. The molecule has 0 saturated heterocycles. The van der Waals surface area contributed by atoms with Gasteiger partial charge in [-0.3, -0.25) is 4.79 Å². The van der Waals surface area contributed by atoms with E-state index in [1.165, 1.54) is 18.4 Å². The molecule has 1 aliphatic rings. The number of nitrogens with two attached hydrogens (primary N) is 1. The molecule has 1 fully saturated rings. The van der Waals surface area contributed by atoms with Crippen LogP contribution in [0.5, 0.6) is 0 Å². The maximum atomic E-state index is 12.2. The third-order valence-corrected chi connectivity index (χ3v) is 4.36. The number of nitrogens with one attached hydrogen (secondary N) is 1. The fourth-order valence-electron chi connectivity index (χ4n) is 3.09.